The molecule has 1 rings (SSSR count). The highest BCUT2D eigenvalue weighted by Gasteiger charge is 2.16. The smallest absolute Gasteiger partial charge is 0.332 e. The third kappa shape index (κ3) is 3.14. The standard InChI is InChI=1S/C8H13N3O3/c1-2-14-7(8(12)13)3-4-11-6-9-5-10-11/h5-7H,2-4H2,1H3,(H,12,13). The Morgan fingerprint density at radius 2 is 2.50 bits per heavy atom. The van der Waals surface area contributed by atoms with Gasteiger partial charge < -0.3 is 9.84 Å². The van der Waals surface area contributed by atoms with Gasteiger partial charge in [0.1, 0.15) is 12.7 Å². The van der Waals surface area contributed by atoms with Crippen molar-refractivity contribution in [3.8, 4) is 0 Å². The van der Waals surface area contributed by atoms with Gasteiger partial charge in [-0.3, -0.25) is 4.68 Å². The highest BCUT2D eigenvalue weighted by Crippen LogP contribution is 2.00. The average molecular weight is 199 g/mol. The van der Waals surface area contributed by atoms with E-state index in [0.29, 0.717) is 19.6 Å². The molecule has 0 fully saturated rings. The second kappa shape index (κ2) is 5.33. The van der Waals surface area contributed by atoms with Crippen molar-refractivity contribution in [1.82, 2.24) is 14.8 Å². The van der Waals surface area contributed by atoms with Crippen LogP contribution in [0.1, 0.15) is 13.3 Å². The predicted octanol–water partition coefficient (Wildman–Crippen LogP) is 0.158. The Morgan fingerprint density at radius 3 is 3.00 bits per heavy atom. The Kier molecular flexibility index (Phi) is 4.06. The topological polar surface area (TPSA) is 77.2 Å². The summed E-state index contributed by atoms with van der Waals surface area (Å²) in [7, 11) is 0. The van der Waals surface area contributed by atoms with E-state index in [1.165, 1.54) is 6.33 Å². The van der Waals surface area contributed by atoms with Gasteiger partial charge in [-0.05, 0) is 6.92 Å². The first-order valence-electron chi connectivity index (χ1n) is 4.41. The largest absolute Gasteiger partial charge is 0.479 e. The van der Waals surface area contributed by atoms with Gasteiger partial charge in [0, 0.05) is 19.6 Å². The molecule has 1 heterocycles. The van der Waals surface area contributed by atoms with E-state index in [9.17, 15) is 4.79 Å². The van der Waals surface area contributed by atoms with Gasteiger partial charge in [-0.2, -0.15) is 5.10 Å². The van der Waals surface area contributed by atoms with Gasteiger partial charge in [-0.15, -0.1) is 0 Å². The van der Waals surface area contributed by atoms with Gasteiger partial charge in [0.2, 0.25) is 0 Å². The van der Waals surface area contributed by atoms with Gasteiger partial charge in [-0.1, -0.05) is 0 Å². The molecule has 0 radical (unpaired) electrons. The van der Waals surface area contributed by atoms with Crippen molar-refractivity contribution in [3.63, 3.8) is 0 Å². The third-order valence-electron chi connectivity index (χ3n) is 1.73. The molecule has 0 aliphatic carbocycles. The first kappa shape index (κ1) is 10.6. The van der Waals surface area contributed by atoms with Gasteiger partial charge >= 0.3 is 5.97 Å². The molecule has 0 saturated carbocycles. The lowest BCUT2D eigenvalue weighted by molar-refractivity contribution is -0.150. The van der Waals surface area contributed by atoms with E-state index in [2.05, 4.69) is 10.1 Å². The van der Waals surface area contributed by atoms with E-state index in [4.69, 9.17) is 9.84 Å². The molecule has 0 spiro atoms. The number of aliphatic carboxylic acids is 1. The van der Waals surface area contributed by atoms with Crippen molar-refractivity contribution in [2.75, 3.05) is 6.61 Å². The monoisotopic (exact) mass is 199 g/mol. The van der Waals surface area contributed by atoms with Gasteiger partial charge in [0.05, 0.1) is 0 Å². The summed E-state index contributed by atoms with van der Waals surface area (Å²) in [6.45, 7) is 2.66. The number of rotatable bonds is 6. The number of aromatic nitrogens is 3. The van der Waals surface area contributed by atoms with Crippen LogP contribution >= 0.6 is 0 Å². The lowest BCUT2D eigenvalue weighted by atomic mass is 10.2. The number of carboxylic acid groups (broad SMARTS) is 1. The maximum atomic E-state index is 10.7. The van der Waals surface area contributed by atoms with Crippen molar-refractivity contribution in [2.45, 2.75) is 26.0 Å². The second-order valence-electron chi connectivity index (χ2n) is 2.73. The zero-order chi connectivity index (χ0) is 10.4. The highest BCUT2D eigenvalue weighted by atomic mass is 16.5. The zero-order valence-corrected chi connectivity index (χ0v) is 7.96. The number of carboxylic acids is 1. The van der Waals surface area contributed by atoms with Crippen molar-refractivity contribution in [1.29, 1.82) is 0 Å². The lowest BCUT2D eigenvalue weighted by Gasteiger charge is -2.11. The molecular formula is C8H13N3O3. The van der Waals surface area contributed by atoms with Gasteiger partial charge in [0.25, 0.3) is 0 Å². The fraction of sp³-hybridized carbons (Fsp3) is 0.625. The van der Waals surface area contributed by atoms with E-state index < -0.39 is 12.1 Å². The number of nitrogens with zero attached hydrogens (tertiary/aromatic N) is 3. The zero-order valence-electron chi connectivity index (χ0n) is 7.96. The second-order valence-corrected chi connectivity index (χ2v) is 2.73. The molecule has 0 aliphatic heterocycles. The number of aryl methyl sites for hydroxylation is 1. The molecule has 0 aromatic carbocycles. The van der Waals surface area contributed by atoms with Crippen LogP contribution in [-0.4, -0.2) is 38.6 Å². The first-order valence-corrected chi connectivity index (χ1v) is 4.41. The summed E-state index contributed by atoms with van der Waals surface area (Å²) in [5.74, 6) is -0.938. The summed E-state index contributed by atoms with van der Waals surface area (Å²) in [4.78, 5) is 14.4. The average Bonchev–Trinajstić information content (AvgIpc) is 2.64. The molecule has 6 nitrogen and oxygen atoms in total. The summed E-state index contributed by atoms with van der Waals surface area (Å²) in [6.07, 6.45) is 2.60. The maximum Gasteiger partial charge on any atom is 0.332 e. The molecule has 0 aliphatic rings. The van der Waals surface area contributed by atoms with Crippen molar-refractivity contribution < 1.29 is 14.6 Å². The van der Waals surface area contributed by atoms with E-state index in [1.807, 2.05) is 0 Å². The van der Waals surface area contributed by atoms with Crippen LogP contribution < -0.4 is 0 Å². The lowest BCUT2D eigenvalue weighted by Crippen LogP contribution is -2.25. The quantitative estimate of drug-likeness (QED) is 0.706. The Hall–Kier alpha value is -1.43. The molecule has 14 heavy (non-hydrogen) atoms. The van der Waals surface area contributed by atoms with Crippen LogP contribution in [0.2, 0.25) is 0 Å². The van der Waals surface area contributed by atoms with E-state index >= 15 is 0 Å². The van der Waals surface area contributed by atoms with Crippen LogP contribution in [0.25, 0.3) is 0 Å². The molecule has 1 N–H and O–H groups in total. The SMILES string of the molecule is CCOC(CCn1cncn1)C(=O)O. The van der Waals surface area contributed by atoms with E-state index in [1.54, 1.807) is 17.9 Å². The molecule has 6 heteroatoms. The highest BCUT2D eigenvalue weighted by molar-refractivity contribution is 5.72. The van der Waals surface area contributed by atoms with Crippen molar-refractivity contribution >= 4 is 5.97 Å². The van der Waals surface area contributed by atoms with Crippen LogP contribution in [0.4, 0.5) is 0 Å². The maximum absolute atomic E-state index is 10.7. The minimum atomic E-state index is -0.938. The number of carbonyl (C=O) groups is 1. The van der Waals surface area contributed by atoms with Gasteiger partial charge in [0.15, 0.2) is 6.10 Å². The third-order valence-corrected chi connectivity index (χ3v) is 1.73. The molecule has 1 unspecified atom stereocenters. The minimum absolute atomic E-state index is 0.395. The summed E-state index contributed by atoms with van der Waals surface area (Å²) in [5.41, 5.74) is 0. The Labute approximate surface area is 81.5 Å². The molecule has 0 amide bonds. The number of hydrogen-bond acceptors (Lipinski definition) is 4. The molecule has 1 atom stereocenters. The van der Waals surface area contributed by atoms with Crippen molar-refractivity contribution in [2.24, 2.45) is 0 Å². The Bertz CT molecular complexity index is 273. The molecular weight excluding hydrogens is 186 g/mol. The predicted molar refractivity (Wildman–Crippen MR) is 47.7 cm³/mol. The molecule has 78 valence electrons. The van der Waals surface area contributed by atoms with Crippen LogP contribution in [-0.2, 0) is 16.1 Å². The molecule has 1 aromatic heterocycles. The van der Waals surface area contributed by atoms with Crippen LogP contribution in [0.5, 0.6) is 0 Å². The van der Waals surface area contributed by atoms with Crippen LogP contribution in [0.15, 0.2) is 12.7 Å². The van der Waals surface area contributed by atoms with Gasteiger partial charge in [-0.25, -0.2) is 9.78 Å². The summed E-state index contributed by atoms with van der Waals surface area (Å²) >= 11 is 0. The molecule has 0 saturated heterocycles. The van der Waals surface area contributed by atoms with E-state index in [0.717, 1.165) is 0 Å². The fourth-order valence-electron chi connectivity index (χ4n) is 1.08. The van der Waals surface area contributed by atoms with Crippen LogP contribution in [0.3, 0.4) is 0 Å². The Balaban J connectivity index is 2.37. The fourth-order valence-corrected chi connectivity index (χ4v) is 1.08. The number of ether oxygens (including phenoxy) is 1. The minimum Gasteiger partial charge on any atom is -0.479 e. The summed E-state index contributed by atoms with van der Waals surface area (Å²) < 4.78 is 6.62. The Morgan fingerprint density at radius 1 is 1.71 bits per heavy atom. The van der Waals surface area contributed by atoms with Crippen LogP contribution in [0, 0.1) is 0 Å². The summed E-state index contributed by atoms with van der Waals surface area (Å²) in [6, 6.07) is 0. The number of hydrogen-bond donors (Lipinski definition) is 1. The molecule has 1 aromatic rings. The van der Waals surface area contributed by atoms with E-state index in [-0.39, 0.29) is 0 Å². The first-order chi connectivity index (χ1) is 6.74. The molecule has 0 bridgehead atoms. The normalized spacial score (nSPS) is 12.6. The van der Waals surface area contributed by atoms with Crippen molar-refractivity contribution in [3.05, 3.63) is 12.7 Å². The summed E-state index contributed by atoms with van der Waals surface area (Å²) in [5, 5.41) is 12.6.